The molecule has 1 aliphatic rings. The lowest BCUT2D eigenvalue weighted by Gasteiger charge is -2.09. The van der Waals surface area contributed by atoms with Crippen LogP contribution in [0.2, 0.25) is 0 Å². The van der Waals surface area contributed by atoms with Gasteiger partial charge in [-0.05, 0) is 5.56 Å². The van der Waals surface area contributed by atoms with Gasteiger partial charge in [0.05, 0.1) is 13.2 Å². The second-order valence-corrected chi connectivity index (χ2v) is 5.00. The number of benzene rings is 2. The van der Waals surface area contributed by atoms with Gasteiger partial charge in [0.15, 0.2) is 12.1 Å². The monoisotopic (exact) mass is 298 g/mol. The first kappa shape index (κ1) is 14.1. The summed E-state index contributed by atoms with van der Waals surface area (Å²) in [5, 5.41) is 1.59. The summed E-state index contributed by atoms with van der Waals surface area (Å²) >= 11 is 4.85. The van der Waals surface area contributed by atoms with Gasteiger partial charge >= 0.3 is 0 Å². The molecule has 2 aromatic rings. The van der Waals surface area contributed by atoms with Crippen LogP contribution in [0.1, 0.15) is 33.3 Å². The summed E-state index contributed by atoms with van der Waals surface area (Å²) < 4.78 is 10.9. The molecule has 2 aromatic carbocycles. The number of hydrogen-bond acceptors (Lipinski definition) is 4. The van der Waals surface area contributed by atoms with Crippen LogP contribution < -0.4 is 0 Å². The van der Waals surface area contributed by atoms with Gasteiger partial charge < -0.3 is 9.47 Å². The molecule has 0 amide bonds. The minimum atomic E-state index is -0.309. The van der Waals surface area contributed by atoms with Crippen molar-refractivity contribution in [1.82, 2.24) is 0 Å². The Kier molecular flexibility index (Phi) is 4.20. The molecule has 0 spiro atoms. The Balaban J connectivity index is 1.78. The quantitative estimate of drug-likeness (QED) is 0.641. The average molecular weight is 298 g/mol. The average Bonchev–Trinajstić information content (AvgIpc) is 3.09. The van der Waals surface area contributed by atoms with Crippen molar-refractivity contribution in [2.24, 2.45) is 0 Å². The Labute approximate surface area is 128 Å². The van der Waals surface area contributed by atoms with Crippen molar-refractivity contribution in [2.45, 2.75) is 6.29 Å². The maximum atomic E-state index is 12.4. The first-order chi connectivity index (χ1) is 10.3. The molecule has 106 valence electrons. The normalized spacial score (nSPS) is 15.0. The highest BCUT2D eigenvalue weighted by Gasteiger charge is 2.18. The predicted octanol–water partition coefficient (Wildman–Crippen LogP) is 3.31. The summed E-state index contributed by atoms with van der Waals surface area (Å²) in [7, 11) is 0. The number of carbonyl (C=O) groups is 1. The SMILES string of the molecule is O=C(c1ccc(C=S)cc1)c1ccc(C2OCCO2)cc1. The Hall–Kier alpha value is -1.88. The highest BCUT2D eigenvalue weighted by atomic mass is 32.1. The van der Waals surface area contributed by atoms with E-state index < -0.39 is 0 Å². The van der Waals surface area contributed by atoms with Crippen LogP contribution in [-0.4, -0.2) is 24.4 Å². The third-order valence-electron chi connectivity index (χ3n) is 3.38. The van der Waals surface area contributed by atoms with E-state index in [1.54, 1.807) is 29.6 Å². The van der Waals surface area contributed by atoms with E-state index in [0.29, 0.717) is 24.3 Å². The van der Waals surface area contributed by atoms with Crippen molar-refractivity contribution >= 4 is 23.4 Å². The molecule has 0 aromatic heterocycles. The van der Waals surface area contributed by atoms with E-state index >= 15 is 0 Å². The van der Waals surface area contributed by atoms with Gasteiger partial charge in [0, 0.05) is 22.1 Å². The van der Waals surface area contributed by atoms with Gasteiger partial charge in [-0.15, -0.1) is 0 Å². The fourth-order valence-electron chi connectivity index (χ4n) is 2.22. The molecule has 1 aliphatic heterocycles. The molecule has 21 heavy (non-hydrogen) atoms. The topological polar surface area (TPSA) is 35.5 Å². The first-order valence-corrected chi connectivity index (χ1v) is 7.18. The zero-order chi connectivity index (χ0) is 14.7. The Morgan fingerprint density at radius 1 is 0.952 bits per heavy atom. The summed E-state index contributed by atoms with van der Waals surface area (Å²) in [5.41, 5.74) is 3.15. The summed E-state index contributed by atoms with van der Waals surface area (Å²) in [6, 6.07) is 14.6. The van der Waals surface area contributed by atoms with Crippen LogP contribution >= 0.6 is 12.2 Å². The minimum Gasteiger partial charge on any atom is -0.346 e. The molecule has 3 nitrogen and oxygen atoms in total. The molecule has 0 aliphatic carbocycles. The Bertz CT molecular complexity index is 641. The molecular formula is C17H14O3S. The fraction of sp³-hybridized carbons (Fsp3) is 0.176. The number of hydrogen-bond donors (Lipinski definition) is 0. The number of rotatable bonds is 4. The Morgan fingerprint density at radius 3 is 2.00 bits per heavy atom. The van der Waals surface area contributed by atoms with Crippen molar-refractivity contribution in [3.05, 3.63) is 70.8 Å². The predicted molar refractivity (Wildman–Crippen MR) is 83.7 cm³/mol. The summed E-state index contributed by atoms with van der Waals surface area (Å²) in [5.74, 6) is -0.00859. The highest BCUT2D eigenvalue weighted by molar-refractivity contribution is 7.79. The molecule has 1 heterocycles. The second-order valence-electron chi connectivity index (χ2n) is 4.76. The smallest absolute Gasteiger partial charge is 0.193 e. The van der Waals surface area contributed by atoms with Crippen LogP contribution in [0, 0.1) is 0 Å². The number of ketones is 1. The minimum absolute atomic E-state index is 0.00859. The summed E-state index contributed by atoms with van der Waals surface area (Å²) in [4.78, 5) is 12.4. The molecule has 1 saturated heterocycles. The van der Waals surface area contributed by atoms with Crippen molar-refractivity contribution in [3.8, 4) is 0 Å². The lowest BCUT2D eigenvalue weighted by atomic mass is 10.0. The number of carbonyl (C=O) groups excluding carboxylic acids is 1. The number of thiocarbonyl (C=S) groups is 1. The zero-order valence-corrected chi connectivity index (χ0v) is 12.1. The van der Waals surface area contributed by atoms with Gasteiger partial charge in [-0.2, -0.15) is 0 Å². The van der Waals surface area contributed by atoms with E-state index in [1.165, 1.54) is 0 Å². The second kappa shape index (κ2) is 6.26. The van der Waals surface area contributed by atoms with Crippen molar-refractivity contribution < 1.29 is 14.3 Å². The molecule has 1 fully saturated rings. The van der Waals surface area contributed by atoms with Crippen LogP contribution in [0.25, 0.3) is 0 Å². The molecule has 4 heteroatoms. The number of ether oxygens (including phenoxy) is 2. The summed E-state index contributed by atoms with van der Waals surface area (Å²) in [6.07, 6.45) is -0.309. The third kappa shape index (κ3) is 3.08. The lowest BCUT2D eigenvalue weighted by Crippen LogP contribution is -2.03. The van der Waals surface area contributed by atoms with Gasteiger partial charge in [-0.25, -0.2) is 0 Å². The first-order valence-electron chi connectivity index (χ1n) is 6.71. The molecule has 0 saturated carbocycles. The summed E-state index contributed by atoms with van der Waals surface area (Å²) in [6.45, 7) is 1.22. The maximum Gasteiger partial charge on any atom is 0.193 e. The highest BCUT2D eigenvalue weighted by Crippen LogP contribution is 2.23. The Morgan fingerprint density at radius 2 is 1.48 bits per heavy atom. The van der Waals surface area contributed by atoms with Gasteiger partial charge in [-0.3, -0.25) is 4.79 Å². The van der Waals surface area contributed by atoms with Crippen LogP contribution in [0.3, 0.4) is 0 Å². The zero-order valence-electron chi connectivity index (χ0n) is 11.3. The largest absolute Gasteiger partial charge is 0.346 e. The molecule has 0 N–H and O–H groups in total. The van der Waals surface area contributed by atoms with Crippen LogP contribution in [0.4, 0.5) is 0 Å². The molecule has 0 atom stereocenters. The maximum absolute atomic E-state index is 12.4. The van der Waals surface area contributed by atoms with Gasteiger partial charge in [-0.1, -0.05) is 60.7 Å². The molecular weight excluding hydrogens is 284 g/mol. The molecule has 0 bridgehead atoms. The van der Waals surface area contributed by atoms with E-state index in [0.717, 1.165) is 11.1 Å². The van der Waals surface area contributed by atoms with E-state index in [4.69, 9.17) is 21.7 Å². The van der Waals surface area contributed by atoms with Crippen molar-refractivity contribution in [1.29, 1.82) is 0 Å². The van der Waals surface area contributed by atoms with Crippen LogP contribution in [0.15, 0.2) is 48.5 Å². The van der Waals surface area contributed by atoms with E-state index in [1.807, 2.05) is 24.3 Å². The van der Waals surface area contributed by atoms with E-state index in [2.05, 4.69) is 0 Å². The third-order valence-corrected chi connectivity index (χ3v) is 3.65. The van der Waals surface area contributed by atoms with Crippen molar-refractivity contribution in [3.63, 3.8) is 0 Å². The fourth-order valence-corrected chi connectivity index (χ4v) is 2.38. The molecule has 0 radical (unpaired) electrons. The van der Waals surface area contributed by atoms with Crippen LogP contribution in [0.5, 0.6) is 0 Å². The van der Waals surface area contributed by atoms with E-state index in [-0.39, 0.29) is 12.1 Å². The molecule has 0 unspecified atom stereocenters. The molecule has 3 rings (SSSR count). The standard InChI is InChI=1S/C17H14O3S/c18-16(13-3-1-12(11-21)2-4-13)14-5-7-15(8-6-14)17-19-9-10-20-17/h1-8,11,17H,9-10H2. The van der Waals surface area contributed by atoms with Gasteiger partial charge in [0.25, 0.3) is 0 Å². The van der Waals surface area contributed by atoms with Gasteiger partial charge in [0.2, 0.25) is 0 Å². The van der Waals surface area contributed by atoms with Gasteiger partial charge in [0.1, 0.15) is 0 Å². The van der Waals surface area contributed by atoms with Crippen molar-refractivity contribution in [2.75, 3.05) is 13.2 Å². The van der Waals surface area contributed by atoms with E-state index in [9.17, 15) is 4.79 Å². The van der Waals surface area contributed by atoms with Crippen LogP contribution in [-0.2, 0) is 9.47 Å². The lowest BCUT2D eigenvalue weighted by molar-refractivity contribution is -0.0441.